The summed E-state index contributed by atoms with van der Waals surface area (Å²) in [5, 5.41) is 12.6. The van der Waals surface area contributed by atoms with Crippen molar-refractivity contribution in [3.63, 3.8) is 0 Å². The Labute approximate surface area is 108 Å². The standard InChI is InChI=1S/C13H19NO3S/c1-9(14-11-7-12(15)8-11)10-3-5-13(6-4-10)18(2,16)17/h3-6,9,11-12,14-15H,7-8H2,1-2H3. The van der Waals surface area contributed by atoms with Crippen LogP contribution in [0, 0.1) is 0 Å². The molecule has 1 unspecified atom stereocenters. The molecule has 1 aromatic carbocycles. The van der Waals surface area contributed by atoms with Crippen molar-refractivity contribution in [1.29, 1.82) is 0 Å². The molecule has 1 aromatic rings. The van der Waals surface area contributed by atoms with Crippen LogP contribution in [-0.2, 0) is 9.84 Å². The molecule has 2 rings (SSSR count). The summed E-state index contributed by atoms with van der Waals surface area (Å²) in [4.78, 5) is 0.345. The second kappa shape index (κ2) is 4.99. The minimum absolute atomic E-state index is 0.163. The zero-order valence-corrected chi connectivity index (χ0v) is 11.4. The van der Waals surface area contributed by atoms with Crippen LogP contribution in [0.1, 0.15) is 31.4 Å². The van der Waals surface area contributed by atoms with Crippen molar-refractivity contribution in [1.82, 2.24) is 5.32 Å². The zero-order valence-electron chi connectivity index (χ0n) is 10.6. The van der Waals surface area contributed by atoms with Crippen molar-refractivity contribution in [2.24, 2.45) is 0 Å². The first-order valence-corrected chi connectivity index (χ1v) is 7.99. The third-order valence-corrected chi connectivity index (χ3v) is 4.54. The van der Waals surface area contributed by atoms with Gasteiger partial charge in [0.05, 0.1) is 11.0 Å². The molecule has 2 N–H and O–H groups in total. The number of hydrogen-bond donors (Lipinski definition) is 2. The van der Waals surface area contributed by atoms with Gasteiger partial charge in [-0.2, -0.15) is 0 Å². The number of benzene rings is 1. The molecule has 1 aliphatic carbocycles. The van der Waals surface area contributed by atoms with Crippen LogP contribution in [0.15, 0.2) is 29.2 Å². The molecule has 0 bridgehead atoms. The Morgan fingerprint density at radius 2 is 1.83 bits per heavy atom. The zero-order chi connectivity index (χ0) is 13.3. The minimum Gasteiger partial charge on any atom is -0.393 e. The monoisotopic (exact) mass is 269 g/mol. The smallest absolute Gasteiger partial charge is 0.175 e. The molecule has 0 amide bonds. The van der Waals surface area contributed by atoms with Crippen molar-refractivity contribution in [3.05, 3.63) is 29.8 Å². The molecule has 0 aliphatic heterocycles. The first-order valence-electron chi connectivity index (χ1n) is 6.10. The van der Waals surface area contributed by atoms with E-state index in [0.717, 1.165) is 18.4 Å². The summed E-state index contributed by atoms with van der Waals surface area (Å²) in [5.41, 5.74) is 1.06. The van der Waals surface area contributed by atoms with Gasteiger partial charge in [-0.3, -0.25) is 0 Å². The van der Waals surface area contributed by atoms with Gasteiger partial charge in [-0.05, 0) is 37.5 Å². The fourth-order valence-electron chi connectivity index (χ4n) is 2.18. The Balaban J connectivity index is 2.01. The van der Waals surface area contributed by atoms with Crippen LogP contribution in [0.2, 0.25) is 0 Å². The fraction of sp³-hybridized carbons (Fsp3) is 0.538. The van der Waals surface area contributed by atoms with Crippen LogP contribution in [0.5, 0.6) is 0 Å². The molecule has 1 atom stereocenters. The van der Waals surface area contributed by atoms with Crippen LogP contribution in [0.3, 0.4) is 0 Å². The van der Waals surface area contributed by atoms with Crippen molar-refractivity contribution < 1.29 is 13.5 Å². The summed E-state index contributed by atoms with van der Waals surface area (Å²) >= 11 is 0. The molecular formula is C13H19NO3S. The van der Waals surface area contributed by atoms with Crippen LogP contribution in [0.25, 0.3) is 0 Å². The average Bonchev–Trinajstić information content (AvgIpc) is 2.26. The predicted octanol–water partition coefficient (Wildman–Crippen LogP) is 1.26. The third kappa shape index (κ3) is 3.10. The molecular weight excluding hydrogens is 250 g/mol. The molecule has 18 heavy (non-hydrogen) atoms. The van der Waals surface area contributed by atoms with E-state index in [1.54, 1.807) is 12.1 Å². The van der Waals surface area contributed by atoms with Crippen LogP contribution >= 0.6 is 0 Å². The van der Waals surface area contributed by atoms with Gasteiger partial charge in [0, 0.05) is 18.3 Å². The number of rotatable bonds is 4. The molecule has 0 spiro atoms. The highest BCUT2D eigenvalue weighted by Gasteiger charge is 2.28. The first kappa shape index (κ1) is 13.5. The first-order chi connectivity index (χ1) is 8.36. The van der Waals surface area contributed by atoms with Crippen molar-refractivity contribution in [3.8, 4) is 0 Å². The van der Waals surface area contributed by atoms with Gasteiger partial charge < -0.3 is 10.4 Å². The number of nitrogens with one attached hydrogen (secondary N) is 1. The van der Waals surface area contributed by atoms with Crippen LogP contribution in [0.4, 0.5) is 0 Å². The molecule has 0 aromatic heterocycles. The normalized spacial score (nSPS) is 25.5. The van der Waals surface area contributed by atoms with E-state index in [0.29, 0.717) is 10.9 Å². The van der Waals surface area contributed by atoms with E-state index in [-0.39, 0.29) is 12.1 Å². The van der Waals surface area contributed by atoms with Crippen molar-refractivity contribution >= 4 is 9.84 Å². The molecule has 4 nitrogen and oxygen atoms in total. The summed E-state index contributed by atoms with van der Waals surface area (Å²) in [7, 11) is -3.12. The van der Waals surface area contributed by atoms with E-state index in [4.69, 9.17) is 0 Å². The molecule has 1 fully saturated rings. The lowest BCUT2D eigenvalue weighted by Gasteiger charge is -2.34. The molecule has 0 heterocycles. The summed E-state index contributed by atoms with van der Waals surface area (Å²) in [6.07, 6.45) is 2.64. The second-order valence-electron chi connectivity index (χ2n) is 5.05. The second-order valence-corrected chi connectivity index (χ2v) is 7.07. The van der Waals surface area contributed by atoms with Crippen molar-refractivity contribution in [2.45, 2.75) is 42.8 Å². The topological polar surface area (TPSA) is 66.4 Å². The van der Waals surface area contributed by atoms with Crippen LogP contribution in [-0.4, -0.2) is 31.9 Å². The van der Waals surface area contributed by atoms with E-state index in [1.807, 2.05) is 19.1 Å². The Hall–Kier alpha value is -0.910. The fourth-order valence-corrected chi connectivity index (χ4v) is 2.81. The lowest BCUT2D eigenvalue weighted by Crippen LogP contribution is -2.45. The maximum Gasteiger partial charge on any atom is 0.175 e. The Bertz CT molecular complexity index is 504. The van der Waals surface area contributed by atoms with Crippen LogP contribution < -0.4 is 5.32 Å². The summed E-state index contributed by atoms with van der Waals surface area (Å²) in [5.74, 6) is 0. The van der Waals surface area contributed by atoms with E-state index in [1.165, 1.54) is 6.26 Å². The number of aliphatic hydroxyl groups excluding tert-OH is 1. The van der Waals surface area contributed by atoms with Gasteiger partial charge in [0.25, 0.3) is 0 Å². The maximum absolute atomic E-state index is 11.3. The highest BCUT2D eigenvalue weighted by atomic mass is 32.2. The number of aliphatic hydroxyl groups is 1. The highest BCUT2D eigenvalue weighted by Crippen LogP contribution is 2.24. The molecule has 0 radical (unpaired) electrons. The summed E-state index contributed by atoms with van der Waals surface area (Å²) < 4.78 is 22.7. The summed E-state index contributed by atoms with van der Waals surface area (Å²) in [6.45, 7) is 2.04. The molecule has 0 saturated heterocycles. The van der Waals surface area contributed by atoms with Gasteiger partial charge in [-0.15, -0.1) is 0 Å². The van der Waals surface area contributed by atoms with Gasteiger partial charge in [-0.1, -0.05) is 12.1 Å². The van der Waals surface area contributed by atoms with Gasteiger partial charge in [0.15, 0.2) is 9.84 Å². The molecule has 1 saturated carbocycles. The average molecular weight is 269 g/mol. The summed E-state index contributed by atoms with van der Waals surface area (Å²) in [6, 6.07) is 7.48. The number of hydrogen-bond acceptors (Lipinski definition) is 4. The van der Waals surface area contributed by atoms with E-state index >= 15 is 0 Å². The Morgan fingerprint density at radius 1 is 1.28 bits per heavy atom. The number of sulfone groups is 1. The van der Waals surface area contributed by atoms with Gasteiger partial charge in [0.1, 0.15) is 0 Å². The van der Waals surface area contributed by atoms with Gasteiger partial charge in [-0.25, -0.2) is 8.42 Å². The van der Waals surface area contributed by atoms with Crippen molar-refractivity contribution in [2.75, 3.05) is 6.26 Å². The molecule has 100 valence electrons. The molecule has 1 aliphatic rings. The SMILES string of the molecule is CC(NC1CC(O)C1)c1ccc(S(C)(=O)=O)cc1. The van der Waals surface area contributed by atoms with E-state index in [2.05, 4.69) is 5.32 Å². The lowest BCUT2D eigenvalue weighted by atomic mass is 9.88. The quantitative estimate of drug-likeness (QED) is 0.863. The third-order valence-electron chi connectivity index (χ3n) is 3.41. The van der Waals surface area contributed by atoms with Gasteiger partial charge in [0.2, 0.25) is 0 Å². The van der Waals surface area contributed by atoms with E-state index in [9.17, 15) is 13.5 Å². The highest BCUT2D eigenvalue weighted by molar-refractivity contribution is 7.90. The lowest BCUT2D eigenvalue weighted by molar-refractivity contribution is 0.0586. The molecule has 5 heteroatoms. The Kier molecular flexibility index (Phi) is 3.75. The predicted molar refractivity (Wildman–Crippen MR) is 70.1 cm³/mol. The van der Waals surface area contributed by atoms with Gasteiger partial charge >= 0.3 is 0 Å². The maximum atomic E-state index is 11.3. The van der Waals surface area contributed by atoms with E-state index < -0.39 is 9.84 Å². The minimum atomic E-state index is -3.12. The largest absolute Gasteiger partial charge is 0.393 e. The Morgan fingerprint density at radius 3 is 2.28 bits per heavy atom.